The standard InChI is InChI=1S/C33H34ClF3N2O3S.ClH/c1-38(2)43(40,41)31-20-10-9-19-30(31)42-22-12-21-39(23-27-17-11-18-29(34)32(27)33(35,36)37)24-28(25-13-5-3-6-14-25)26-15-7-4-8-16-26;/h3-11,13-20,28H,12,21-24H2,1-2H3;1H. The van der Waals surface area contributed by atoms with Crippen molar-refractivity contribution in [2.24, 2.45) is 0 Å². The monoisotopic (exact) mass is 666 g/mol. The van der Waals surface area contributed by atoms with Gasteiger partial charge >= 0.3 is 6.18 Å². The van der Waals surface area contributed by atoms with Crippen LogP contribution in [0.4, 0.5) is 13.2 Å². The van der Waals surface area contributed by atoms with Gasteiger partial charge in [0.05, 0.1) is 17.2 Å². The number of rotatable bonds is 13. The topological polar surface area (TPSA) is 49.9 Å². The molecule has 4 aromatic carbocycles. The van der Waals surface area contributed by atoms with E-state index in [4.69, 9.17) is 16.3 Å². The summed E-state index contributed by atoms with van der Waals surface area (Å²) in [4.78, 5) is 2.02. The fourth-order valence-corrected chi connectivity index (χ4v) is 6.30. The first kappa shape index (κ1) is 35.4. The molecular formula is C33H35Cl2F3N2O3S. The van der Waals surface area contributed by atoms with Crippen molar-refractivity contribution in [2.45, 2.75) is 30.0 Å². The Morgan fingerprint density at radius 1 is 0.818 bits per heavy atom. The normalized spacial score (nSPS) is 12.0. The van der Waals surface area contributed by atoms with Crippen LogP contribution < -0.4 is 4.74 Å². The average molecular weight is 668 g/mol. The van der Waals surface area contributed by atoms with Crippen LogP contribution in [0.3, 0.4) is 0 Å². The van der Waals surface area contributed by atoms with Crippen molar-refractivity contribution < 1.29 is 26.3 Å². The second-order valence-electron chi connectivity index (χ2n) is 10.3. The van der Waals surface area contributed by atoms with Crippen LogP contribution in [0.15, 0.2) is 108 Å². The quantitative estimate of drug-likeness (QED) is 0.135. The van der Waals surface area contributed by atoms with Crippen LogP contribution in [0.2, 0.25) is 5.02 Å². The molecule has 0 unspecified atom stereocenters. The van der Waals surface area contributed by atoms with Crippen LogP contribution in [0.1, 0.15) is 34.6 Å². The molecule has 0 heterocycles. The maximum absolute atomic E-state index is 14.1. The molecule has 4 rings (SSSR count). The Bertz CT molecular complexity index is 1550. The molecule has 5 nitrogen and oxygen atoms in total. The number of nitrogens with zero attached hydrogens (tertiary/aromatic N) is 2. The zero-order valence-electron chi connectivity index (χ0n) is 24.4. The number of sulfonamides is 1. The molecule has 0 fully saturated rings. The van der Waals surface area contributed by atoms with Gasteiger partial charge in [-0.15, -0.1) is 12.4 Å². The second kappa shape index (κ2) is 15.8. The van der Waals surface area contributed by atoms with Crippen LogP contribution in [-0.4, -0.2) is 51.4 Å². The van der Waals surface area contributed by atoms with Crippen LogP contribution >= 0.6 is 24.0 Å². The van der Waals surface area contributed by atoms with Crippen molar-refractivity contribution in [3.8, 4) is 5.75 Å². The molecule has 0 spiro atoms. The van der Waals surface area contributed by atoms with Crippen LogP contribution in [0, 0.1) is 0 Å². The molecule has 0 saturated heterocycles. The van der Waals surface area contributed by atoms with E-state index in [1.807, 2.05) is 65.6 Å². The number of hydrogen-bond acceptors (Lipinski definition) is 4. The Hall–Kier alpha value is -3.08. The lowest BCUT2D eigenvalue weighted by Gasteiger charge is -2.29. The maximum atomic E-state index is 14.1. The molecule has 0 radical (unpaired) electrons. The van der Waals surface area contributed by atoms with Crippen molar-refractivity contribution in [3.05, 3.63) is 130 Å². The maximum Gasteiger partial charge on any atom is 0.418 e. The van der Waals surface area contributed by atoms with Crippen molar-refractivity contribution in [1.82, 2.24) is 9.21 Å². The summed E-state index contributed by atoms with van der Waals surface area (Å²) in [6.07, 6.45) is -4.17. The summed E-state index contributed by atoms with van der Waals surface area (Å²) in [6.45, 7) is 1.00. The summed E-state index contributed by atoms with van der Waals surface area (Å²) in [7, 11) is -0.824. The zero-order chi connectivity index (χ0) is 31.0. The summed E-state index contributed by atoms with van der Waals surface area (Å²) in [5, 5.41) is -0.338. The molecule has 0 bridgehead atoms. The van der Waals surface area contributed by atoms with Crippen LogP contribution in [-0.2, 0) is 22.7 Å². The molecule has 236 valence electrons. The lowest BCUT2D eigenvalue weighted by Crippen LogP contribution is -2.31. The van der Waals surface area contributed by atoms with Gasteiger partial charge in [-0.1, -0.05) is 96.5 Å². The molecule has 0 aliphatic rings. The lowest BCUT2D eigenvalue weighted by molar-refractivity contribution is -0.138. The first-order valence-corrected chi connectivity index (χ1v) is 15.6. The predicted molar refractivity (Wildman–Crippen MR) is 171 cm³/mol. The minimum Gasteiger partial charge on any atom is -0.492 e. The fraction of sp³-hybridized carbons (Fsp3) is 0.273. The Morgan fingerprint density at radius 2 is 1.39 bits per heavy atom. The highest BCUT2D eigenvalue weighted by atomic mass is 35.5. The molecule has 11 heteroatoms. The van der Waals surface area contributed by atoms with E-state index >= 15 is 0 Å². The molecule has 0 amide bonds. The highest BCUT2D eigenvalue weighted by molar-refractivity contribution is 7.89. The van der Waals surface area contributed by atoms with Gasteiger partial charge in [-0.3, -0.25) is 4.90 Å². The van der Waals surface area contributed by atoms with Crippen molar-refractivity contribution >= 4 is 34.0 Å². The largest absolute Gasteiger partial charge is 0.492 e. The minimum absolute atomic E-state index is 0. The van der Waals surface area contributed by atoms with Gasteiger partial charge in [0.15, 0.2) is 0 Å². The molecule has 4 aromatic rings. The minimum atomic E-state index is -4.61. The Balaban J connectivity index is 0.00000529. The number of hydrogen-bond donors (Lipinski definition) is 0. The SMILES string of the molecule is CN(C)S(=O)(=O)c1ccccc1OCCCN(Cc1cccc(Cl)c1C(F)(F)F)CC(c1ccccc1)c1ccccc1.Cl. The second-order valence-corrected chi connectivity index (χ2v) is 12.8. The van der Waals surface area contributed by atoms with E-state index < -0.39 is 21.8 Å². The van der Waals surface area contributed by atoms with Gasteiger partial charge in [0.2, 0.25) is 10.0 Å². The van der Waals surface area contributed by atoms with Gasteiger partial charge in [-0.05, 0) is 41.3 Å². The number of halogens is 5. The summed E-state index contributed by atoms with van der Waals surface area (Å²) < 4.78 is 74.7. The van der Waals surface area contributed by atoms with E-state index in [2.05, 4.69) is 0 Å². The summed E-state index contributed by atoms with van der Waals surface area (Å²) in [5.74, 6) is 0.117. The highest BCUT2D eigenvalue weighted by Crippen LogP contribution is 2.38. The number of alkyl halides is 3. The fourth-order valence-electron chi connectivity index (χ4n) is 4.98. The van der Waals surface area contributed by atoms with Gasteiger partial charge in [0, 0.05) is 39.6 Å². The molecule has 0 aliphatic carbocycles. The van der Waals surface area contributed by atoms with E-state index in [-0.39, 0.29) is 52.7 Å². The van der Waals surface area contributed by atoms with Crippen LogP contribution in [0.25, 0.3) is 0 Å². The lowest BCUT2D eigenvalue weighted by atomic mass is 9.90. The molecule has 0 aromatic heterocycles. The van der Waals surface area contributed by atoms with E-state index in [0.717, 1.165) is 15.4 Å². The third-order valence-electron chi connectivity index (χ3n) is 7.11. The molecule has 44 heavy (non-hydrogen) atoms. The van der Waals surface area contributed by atoms with E-state index in [9.17, 15) is 21.6 Å². The van der Waals surface area contributed by atoms with Gasteiger partial charge in [-0.25, -0.2) is 12.7 Å². The third-order valence-corrected chi connectivity index (χ3v) is 9.28. The van der Waals surface area contributed by atoms with Gasteiger partial charge in [-0.2, -0.15) is 13.2 Å². The molecule has 0 saturated carbocycles. The number of ether oxygens (including phenoxy) is 1. The Kier molecular flexibility index (Phi) is 12.7. The van der Waals surface area contributed by atoms with Crippen molar-refractivity contribution in [3.63, 3.8) is 0 Å². The van der Waals surface area contributed by atoms with Gasteiger partial charge < -0.3 is 4.74 Å². The van der Waals surface area contributed by atoms with Gasteiger partial charge in [0.1, 0.15) is 10.6 Å². The van der Waals surface area contributed by atoms with Crippen molar-refractivity contribution in [1.29, 1.82) is 0 Å². The highest BCUT2D eigenvalue weighted by Gasteiger charge is 2.36. The number of benzene rings is 4. The molecule has 0 aliphatic heterocycles. The smallest absolute Gasteiger partial charge is 0.418 e. The zero-order valence-corrected chi connectivity index (χ0v) is 26.8. The van der Waals surface area contributed by atoms with Crippen molar-refractivity contribution in [2.75, 3.05) is 33.8 Å². The first-order valence-electron chi connectivity index (χ1n) is 13.8. The molecular weight excluding hydrogens is 632 g/mol. The van der Waals surface area contributed by atoms with E-state index in [1.54, 1.807) is 18.2 Å². The predicted octanol–water partition coefficient (Wildman–Crippen LogP) is 8.13. The molecule has 0 N–H and O–H groups in total. The summed E-state index contributed by atoms with van der Waals surface area (Å²) >= 11 is 6.05. The first-order chi connectivity index (χ1) is 20.5. The van der Waals surface area contributed by atoms with E-state index in [0.29, 0.717) is 19.5 Å². The Morgan fingerprint density at radius 3 is 1.95 bits per heavy atom. The van der Waals surface area contributed by atoms with Crippen LogP contribution in [0.5, 0.6) is 5.75 Å². The van der Waals surface area contributed by atoms with Gasteiger partial charge in [0.25, 0.3) is 0 Å². The summed E-state index contributed by atoms with van der Waals surface area (Å²) in [5.41, 5.74) is 1.33. The van der Waals surface area contributed by atoms with E-state index in [1.165, 1.54) is 38.4 Å². The molecule has 0 atom stereocenters. The summed E-state index contributed by atoms with van der Waals surface area (Å²) in [6, 6.07) is 30.3. The Labute approximate surface area is 268 Å². The number of para-hydroxylation sites is 1. The third kappa shape index (κ3) is 8.99. The average Bonchev–Trinajstić information content (AvgIpc) is 2.98.